The molecule has 0 heterocycles. The topological polar surface area (TPSA) is 40.5 Å². The molecule has 0 spiro atoms. The van der Waals surface area contributed by atoms with Gasteiger partial charge in [0.1, 0.15) is 5.75 Å². The van der Waals surface area contributed by atoms with Crippen LogP contribution in [0.15, 0.2) is 24.3 Å². The van der Waals surface area contributed by atoms with Gasteiger partial charge in [-0.25, -0.2) is 0 Å². The SMILES string of the molecule is Oc1ccccc1C1CCCCC1O. The number of aliphatic hydroxyl groups is 1. The Morgan fingerprint density at radius 1 is 1.07 bits per heavy atom. The summed E-state index contributed by atoms with van der Waals surface area (Å²) in [5.74, 6) is 0.448. The van der Waals surface area contributed by atoms with Crippen LogP contribution in [0.25, 0.3) is 0 Å². The van der Waals surface area contributed by atoms with Crippen LogP contribution in [0.3, 0.4) is 0 Å². The van der Waals surface area contributed by atoms with Crippen LogP contribution in [0, 0.1) is 0 Å². The first kappa shape index (κ1) is 9.53. The number of benzene rings is 1. The molecule has 1 fully saturated rings. The largest absolute Gasteiger partial charge is 0.508 e. The second kappa shape index (κ2) is 4.01. The van der Waals surface area contributed by atoms with Crippen LogP contribution in [0.5, 0.6) is 5.75 Å². The molecule has 1 aliphatic rings. The average molecular weight is 192 g/mol. The van der Waals surface area contributed by atoms with E-state index < -0.39 is 0 Å². The van der Waals surface area contributed by atoms with Crippen molar-refractivity contribution in [3.05, 3.63) is 29.8 Å². The number of phenols is 1. The summed E-state index contributed by atoms with van der Waals surface area (Å²) in [6, 6.07) is 7.33. The second-order valence-corrected chi connectivity index (χ2v) is 4.02. The normalized spacial score (nSPS) is 27.5. The molecule has 2 unspecified atom stereocenters. The third kappa shape index (κ3) is 1.75. The fourth-order valence-corrected chi connectivity index (χ4v) is 2.28. The fourth-order valence-electron chi connectivity index (χ4n) is 2.28. The monoisotopic (exact) mass is 192 g/mol. The molecule has 1 saturated carbocycles. The highest BCUT2D eigenvalue weighted by Crippen LogP contribution is 2.36. The van der Waals surface area contributed by atoms with Gasteiger partial charge in [0.25, 0.3) is 0 Å². The van der Waals surface area contributed by atoms with E-state index in [9.17, 15) is 10.2 Å². The Hall–Kier alpha value is -1.02. The smallest absolute Gasteiger partial charge is 0.119 e. The van der Waals surface area contributed by atoms with Crippen molar-refractivity contribution in [1.82, 2.24) is 0 Å². The minimum Gasteiger partial charge on any atom is -0.508 e. The van der Waals surface area contributed by atoms with E-state index >= 15 is 0 Å². The quantitative estimate of drug-likeness (QED) is 0.717. The van der Waals surface area contributed by atoms with Crippen LogP contribution in [0.4, 0.5) is 0 Å². The highest BCUT2D eigenvalue weighted by Gasteiger charge is 2.26. The zero-order valence-electron chi connectivity index (χ0n) is 8.19. The number of phenolic OH excluding ortho intramolecular Hbond substituents is 1. The molecule has 2 rings (SSSR count). The second-order valence-electron chi connectivity index (χ2n) is 4.02. The van der Waals surface area contributed by atoms with Gasteiger partial charge in [-0.1, -0.05) is 31.0 Å². The minimum atomic E-state index is -0.281. The molecule has 2 nitrogen and oxygen atoms in total. The lowest BCUT2D eigenvalue weighted by Crippen LogP contribution is -2.22. The third-order valence-corrected chi connectivity index (χ3v) is 3.07. The lowest BCUT2D eigenvalue weighted by atomic mass is 9.81. The summed E-state index contributed by atoms with van der Waals surface area (Å²) >= 11 is 0. The summed E-state index contributed by atoms with van der Waals surface area (Å²) in [5, 5.41) is 19.5. The average Bonchev–Trinajstić information content (AvgIpc) is 2.20. The highest BCUT2D eigenvalue weighted by molar-refractivity contribution is 5.35. The molecule has 0 aromatic heterocycles. The Labute approximate surface area is 84.2 Å². The van der Waals surface area contributed by atoms with Crippen LogP contribution in [-0.2, 0) is 0 Å². The lowest BCUT2D eigenvalue weighted by molar-refractivity contribution is 0.105. The molecule has 76 valence electrons. The molecule has 0 saturated heterocycles. The van der Waals surface area contributed by atoms with Crippen molar-refractivity contribution in [3.63, 3.8) is 0 Å². The van der Waals surface area contributed by atoms with E-state index in [1.54, 1.807) is 6.07 Å². The van der Waals surface area contributed by atoms with Gasteiger partial charge in [-0.15, -0.1) is 0 Å². The predicted molar refractivity (Wildman–Crippen MR) is 55.3 cm³/mol. The van der Waals surface area contributed by atoms with Gasteiger partial charge in [0.05, 0.1) is 6.10 Å². The van der Waals surface area contributed by atoms with Gasteiger partial charge in [0, 0.05) is 5.92 Å². The fraction of sp³-hybridized carbons (Fsp3) is 0.500. The lowest BCUT2D eigenvalue weighted by Gasteiger charge is -2.28. The molecular formula is C12H16O2. The number of hydrogen-bond donors (Lipinski definition) is 2. The molecule has 1 aromatic rings. The molecular weight excluding hydrogens is 176 g/mol. The Morgan fingerprint density at radius 3 is 2.50 bits per heavy atom. The molecule has 2 atom stereocenters. The van der Waals surface area contributed by atoms with Crippen LogP contribution < -0.4 is 0 Å². The number of hydrogen-bond acceptors (Lipinski definition) is 2. The van der Waals surface area contributed by atoms with Crippen molar-refractivity contribution in [2.24, 2.45) is 0 Å². The van der Waals surface area contributed by atoms with Gasteiger partial charge >= 0.3 is 0 Å². The maximum Gasteiger partial charge on any atom is 0.119 e. The first-order chi connectivity index (χ1) is 6.79. The van der Waals surface area contributed by atoms with Gasteiger partial charge in [0.15, 0.2) is 0 Å². The van der Waals surface area contributed by atoms with Crippen LogP contribution in [0.2, 0.25) is 0 Å². The number of rotatable bonds is 1. The van der Waals surface area contributed by atoms with Crippen molar-refractivity contribution in [1.29, 1.82) is 0 Å². The molecule has 0 aliphatic heterocycles. The van der Waals surface area contributed by atoms with E-state index in [1.807, 2.05) is 18.2 Å². The Bertz CT molecular complexity index is 309. The van der Waals surface area contributed by atoms with E-state index in [-0.39, 0.29) is 12.0 Å². The molecule has 1 aromatic carbocycles. The summed E-state index contributed by atoms with van der Waals surface area (Å²) in [7, 11) is 0. The summed E-state index contributed by atoms with van der Waals surface area (Å²) in [6.07, 6.45) is 3.82. The molecule has 14 heavy (non-hydrogen) atoms. The molecule has 0 bridgehead atoms. The van der Waals surface area contributed by atoms with Gasteiger partial charge < -0.3 is 10.2 Å². The van der Waals surface area contributed by atoms with E-state index in [0.29, 0.717) is 5.75 Å². The zero-order chi connectivity index (χ0) is 9.97. The van der Waals surface area contributed by atoms with E-state index in [1.165, 1.54) is 0 Å². The maximum atomic E-state index is 9.84. The van der Waals surface area contributed by atoms with Crippen molar-refractivity contribution in [3.8, 4) is 5.75 Å². The first-order valence-corrected chi connectivity index (χ1v) is 5.25. The van der Waals surface area contributed by atoms with Gasteiger partial charge in [0.2, 0.25) is 0 Å². The molecule has 0 amide bonds. The standard InChI is InChI=1S/C12H16O2/c13-11-7-3-1-5-9(11)10-6-2-4-8-12(10)14/h1,3,5,7,10,12-14H,2,4,6,8H2. The number of aliphatic hydroxyl groups excluding tert-OH is 1. The van der Waals surface area contributed by atoms with Gasteiger partial charge in [-0.3, -0.25) is 0 Å². The van der Waals surface area contributed by atoms with Crippen molar-refractivity contribution in [2.45, 2.75) is 37.7 Å². The predicted octanol–water partition coefficient (Wildman–Crippen LogP) is 2.41. The van der Waals surface area contributed by atoms with Crippen molar-refractivity contribution < 1.29 is 10.2 Å². The van der Waals surface area contributed by atoms with E-state index in [4.69, 9.17) is 0 Å². The van der Waals surface area contributed by atoms with Crippen molar-refractivity contribution in [2.75, 3.05) is 0 Å². The van der Waals surface area contributed by atoms with Crippen LogP contribution in [-0.4, -0.2) is 16.3 Å². The summed E-state index contributed by atoms with van der Waals surface area (Å²) < 4.78 is 0. The Balaban J connectivity index is 2.25. The highest BCUT2D eigenvalue weighted by atomic mass is 16.3. The third-order valence-electron chi connectivity index (χ3n) is 3.07. The number of aromatic hydroxyl groups is 1. The van der Waals surface area contributed by atoms with Gasteiger partial charge in [-0.2, -0.15) is 0 Å². The molecule has 2 N–H and O–H groups in total. The Kier molecular flexibility index (Phi) is 2.73. The molecule has 1 aliphatic carbocycles. The summed E-state index contributed by atoms with van der Waals surface area (Å²) in [6.45, 7) is 0. The zero-order valence-corrected chi connectivity index (χ0v) is 8.19. The maximum absolute atomic E-state index is 9.84. The minimum absolute atomic E-state index is 0.130. The first-order valence-electron chi connectivity index (χ1n) is 5.25. The Morgan fingerprint density at radius 2 is 1.79 bits per heavy atom. The molecule has 0 radical (unpaired) electrons. The number of para-hydroxylation sites is 1. The summed E-state index contributed by atoms with van der Waals surface area (Å²) in [5.41, 5.74) is 0.903. The molecule has 2 heteroatoms. The van der Waals surface area contributed by atoms with Crippen LogP contribution >= 0.6 is 0 Å². The van der Waals surface area contributed by atoms with Crippen LogP contribution in [0.1, 0.15) is 37.2 Å². The van der Waals surface area contributed by atoms with Gasteiger partial charge in [-0.05, 0) is 24.5 Å². The van der Waals surface area contributed by atoms with Crippen molar-refractivity contribution >= 4 is 0 Å². The van der Waals surface area contributed by atoms with E-state index in [0.717, 1.165) is 31.2 Å². The van der Waals surface area contributed by atoms with E-state index in [2.05, 4.69) is 0 Å². The summed E-state index contributed by atoms with van der Waals surface area (Å²) in [4.78, 5) is 0.